The molecule has 0 amide bonds. The molecule has 1 aliphatic rings. The van der Waals surface area contributed by atoms with Gasteiger partial charge in [0.25, 0.3) is 0 Å². The van der Waals surface area contributed by atoms with E-state index in [4.69, 9.17) is 0 Å². The molecule has 7 heteroatoms. The molecule has 1 atom stereocenters. The summed E-state index contributed by atoms with van der Waals surface area (Å²) in [4.78, 5) is 0. The van der Waals surface area contributed by atoms with Crippen molar-refractivity contribution in [3.63, 3.8) is 0 Å². The Kier molecular flexibility index (Phi) is 3.32. The number of benzene rings is 1. The molecule has 0 N–H and O–H groups in total. The molecule has 1 saturated heterocycles. The van der Waals surface area contributed by atoms with Crippen molar-refractivity contribution in [2.45, 2.75) is 16.8 Å². The normalized spacial score (nSPS) is 21.6. The van der Waals surface area contributed by atoms with E-state index in [1.807, 2.05) is 34.9 Å². The molecule has 19 heavy (non-hydrogen) atoms. The van der Waals surface area contributed by atoms with E-state index in [-0.39, 0.29) is 16.8 Å². The molecule has 1 unspecified atom stereocenters. The van der Waals surface area contributed by atoms with E-state index < -0.39 is 9.84 Å². The minimum Gasteiger partial charge on any atom is -0.277 e. The lowest BCUT2D eigenvalue weighted by atomic mass is 10.3. The molecule has 2 heterocycles. The number of para-hydroxylation sites is 1. The number of hydrogen-bond acceptors (Lipinski definition) is 5. The van der Waals surface area contributed by atoms with Crippen LogP contribution < -0.4 is 0 Å². The number of rotatable bonds is 3. The molecule has 2 aromatic rings. The van der Waals surface area contributed by atoms with E-state index in [9.17, 15) is 8.42 Å². The van der Waals surface area contributed by atoms with E-state index in [2.05, 4.69) is 10.2 Å². The van der Waals surface area contributed by atoms with Crippen molar-refractivity contribution in [2.75, 3.05) is 11.5 Å². The van der Waals surface area contributed by atoms with Crippen LogP contribution in [0.5, 0.6) is 0 Å². The largest absolute Gasteiger partial charge is 0.277 e. The van der Waals surface area contributed by atoms with Crippen molar-refractivity contribution < 1.29 is 8.42 Å². The van der Waals surface area contributed by atoms with Gasteiger partial charge in [0.1, 0.15) is 6.33 Å². The summed E-state index contributed by atoms with van der Waals surface area (Å²) in [5.74, 6) is 0.517. The maximum Gasteiger partial charge on any atom is 0.195 e. The van der Waals surface area contributed by atoms with E-state index in [1.165, 1.54) is 11.8 Å². The van der Waals surface area contributed by atoms with Gasteiger partial charge in [-0.2, -0.15) is 0 Å². The van der Waals surface area contributed by atoms with E-state index in [0.29, 0.717) is 6.42 Å². The molecule has 0 spiro atoms. The van der Waals surface area contributed by atoms with Crippen LogP contribution in [0.15, 0.2) is 41.8 Å². The molecule has 1 aromatic heterocycles. The highest BCUT2D eigenvalue weighted by Gasteiger charge is 2.29. The average Bonchev–Trinajstić information content (AvgIpc) is 2.98. The second kappa shape index (κ2) is 4.97. The fraction of sp³-hybridized carbons (Fsp3) is 0.333. The van der Waals surface area contributed by atoms with Crippen LogP contribution in [-0.2, 0) is 9.84 Å². The van der Waals surface area contributed by atoms with Crippen molar-refractivity contribution in [3.8, 4) is 5.69 Å². The van der Waals surface area contributed by atoms with Crippen LogP contribution >= 0.6 is 11.8 Å². The summed E-state index contributed by atoms with van der Waals surface area (Å²) in [5.41, 5.74) is 0.982. The molecule has 3 rings (SSSR count). The molecule has 0 saturated carbocycles. The zero-order valence-electron chi connectivity index (χ0n) is 10.1. The van der Waals surface area contributed by atoms with Gasteiger partial charge in [0.15, 0.2) is 15.0 Å². The zero-order valence-corrected chi connectivity index (χ0v) is 11.8. The smallest absolute Gasteiger partial charge is 0.195 e. The van der Waals surface area contributed by atoms with Crippen molar-refractivity contribution in [1.82, 2.24) is 14.8 Å². The molecule has 0 bridgehead atoms. The first-order valence-electron chi connectivity index (χ1n) is 5.96. The van der Waals surface area contributed by atoms with Crippen LogP contribution in [0, 0.1) is 0 Å². The SMILES string of the molecule is O=S1(=O)CCC(Sc2nncn2-c2ccccc2)C1. The maximum atomic E-state index is 11.5. The fourth-order valence-electron chi connectivity index (χ4n) is 2.07. The van der Waals surface area contributed by atoms with Gasteiger partial charge in [-0.05, 0) is 18.6 Å². The minimum absolute atomic E-state index is 0.0802. The summed E-state index contributed by atoms with van der Waals surface area (Å²) in [6.45, 7) is 0. The van der Waals surface area contributed by atoms with Crippen molar-refractivity contribution in [1.29, 1.82) is 0 Å². The first-order chi connectivity index (χ1) is 9.14. The fourth-order valence-corrected chi connectivity index (χ4v) is 5.55. The number of aromatic nitrogens is 3. The third-order valence-corrected chi connectivity index (χ3v) is 6.22. The lowest BCUT2D eigenvalue weighted by molar-refractivity contribution is 0.602. The van der Waals surface area contributed by atoms with Crippen LogP contribution in [0.4, 0.5) is 0 Å². The topological polar surface area (TPSA) is 64.8 Å². The Labute approximate surface area is 116 Å². The Hall–Kier alpha value is -1.34. The third kappa shape index (κ3) is 2.82. The summed E-state index contributed by atoms with van der Waals surface area (Å²) in [5, 5.41) is 8.83. The van der Waals surface area contributed by atoms with Crippen molar-refractivity contribution in [3.05, 3.63) is 36.7 Å². The number of thioether (sulfide) groups is 1. The van der Waals surface area contributed by atoms with Gasteiger partial charge in [-0.25, -0.2) is 8.42 Å². The monoisotopic (exact) mass is 295 g/mol. The van der Waals surface area contributed by atoms with E-state index >= 15 is 0 Å². The summed E-state index contributed by atoms with van der Waals surface area (Å²) in [6.07, 6.45) is 2.34. The molecule has 0 aliphatic carbocycles. The Morgan fingerprint density at radius 1 is 1.26 bits per heavy atom. The van der Waals surface area contributed by atoms with Gasteiger partial charge in [-0.1, -0.05) is 30.0 Å². The van der Waals surface area contributed by atoms with Gasteiger partial charge in [0.2, 0.25) is 0 Å². The van der Waals surface area contributed by atoms with Gasteiger partial charge in [-0.3, -0.25) is 4.57 Å². The van der Waals surface area contributed by atoms with Gasteiger partial charge in [-0.15, -0.1) is 10.2 Å². The molecule has 100 valence electrons. The van der Waals surface area contributed by atoms with Crippen molar-refractivity contribution in [2.24, 2.45) is 0 Å². The van der Waals surface area contributed by atoms with Crippen molar-refractivity contribution >= 4 is 21.6 Å². The standard InChI is InChI=1S/C12H13N3O2S2/c16-19(17)7-6-11(8-19)18-12-14-13-9-15(12)10-4-2-1-3-5-10/h1-5,9,11H,6-8H2. The van der Waals surface area contributed by atoms with Gasteiger partial charge < -0.3 is 0 Å². The van der Waals surface area contributed by atoms with E-state index in [1.54, 1.807) is 6.33 Å². The summed E-state index contributed by atoms with van der Waals surface area (Å²) in [7, 11) is -2.85. The molecular formula is C12H13N3O2S2. The van der Waals surface area contributed by atoms with Gasteiger partial charge >= 0.3 is 0 Å². The highest BCUT2D eigenvalue weighted by atomic mass is 32.2. The zero-order chi connectivity index (χ0) is 13.3. The highest BCUT2D eigenvalue weighted by molar-refractivity contribution is 8.01. The minimum atomic E-state index is -2.85. The summed E-state index contributed by atoms with van der Waals surface area (Å²) >= 11 is 1.49. The second-order valence-electron chi connectivity index (χ2n) is 4.46. The molecule has 0 radical (unpaired) electrons. The Balaban J connectivity index is 1.82. The predicted octanol–water partition coefficient (Wildman–Crippen LogP) is 1.55. The maximum absolute atomic E-state index is 11.5. The quantitative estimate of drug-likeness (QED) is 0.859. The Morgan fingerprint density at radius 2 is 2.05 bits per heavy atom. The molecular weight excluding hydrogens is 282 g/mol. The van der Waals surface area contributed by atoms with Crippen LogP contribution in [0.2, 0.25) is 0 Å². The molecule has 5 nitrogen and oxygen atoms in total. The number of hydrogen-bond donors (Lipinski definition) is 0. The van der Waals surface area contributed by atoms with E-state index in [0.717, 1.165) is 10.8 Å². The summed E-state index contributed by atoms with van der Waals surface area (Å²) < 4.78 is 24.8. The number of sulfone groups is 1. The molecule has 1 aromatic carbocycles. The first kappa shape index (κ1) is 12.7. The molecule has 1 fully saturated rings. The van der Waals surface area contributed by atoms with Crippen LogP contribution in [-0.4, -0.2) is 39.9 Å². The highest BCUT2D eigenvalue weighted by Crippen LogP contribution is 2.30. The average molecular weight is 295 g/mol. The number of nitrogens with zero attached hydrogens (tertiary/aromatic N) is 3. The summed E-state index contributed by atoms with van der Waals surface area (Å²) in [6, 6.07) is 9.79. The lowest BCUT2D eigenvalue weighted by Gasteiger charge is -2.08. The van der Waals surface area contributed by atoms with Gasteiger partial charge in [0.05, 0.1) is 11.5 Å². The van der Waals surface area contributed by atoms with Gasteiger partial charge in [0, 0.05) is 10.9 Å². The second-order valence-corrected chi connectivity index (χ2v) is 7.96. The predicted molar refractivity (Wildman–Crippen MR) is 74.3 cm³/mol. The third-order valence-electron chi connectivity index (χ3n) is 3.01. The van der Waals surface area contributed by atoms with Crippen LogP contribution in [0.1, 0.15) is 6.42 Å². The van der Waals surface area contributed by atoms with Crippen LogP contribution in [0.3, 0.4) is 0 Å². The first-order valence-corrected chi connectivity index (χ1v) is 8.67. The van der Waals surface area contributed by atoms with Crippen LogP contribution in [0.25, 0.3) is 5.69 Å². The lowest BCUT2D eigenvalue weighted by Crippen LogP contribution is -2.07. The Bertz CT molecular complexity index is 667. The Morgan fingerprint density at radius 3 is 2.74 bits per heavy atom. The molecule has 1 aliphatic heterocycles.